The van der Waals surface area contributed by atoms with Crippen molar-refractivity contribution in [3.05, 3.63) is 0 Å². The molecule has 2 N–H and O–H groups in total. The summed E-state index contributed by atoms with van der Waals surface area (Å²) in [4.78, 5) is 14.2. The van der Waals surface area contributed by atoms with E-state index in [-0.39, 0.29) is 36.3 Å². The van der Waals surface area contributed by atoms with Crippen LogP contribution in [0, 0.1) is 5.92 Å². The summed E-state index contributed by atoms with van der Waals surface area (Å²) in [6.45, 7) is 4.76. The van der Waals surface area contributed by atoms with Gasteiger partial charge in [0.25, 0.3) is 0 Å². The Labute approximate surface area is 147 Å². The Hall–Kier alpha value is -0.0700. The molecule has 0 aromatic heterocycles. The maximum atomic E-state index is 11.9. The molecule has 0 radical (unpaired) electrons. The van der Waals surface area contributed by atoms with Crippen LogP contribution in [0.25, 0.3) is 0 Å². The Morgan fingerprint density at radius 2 is 2.05 bits per heavy atom. The van der Waals surface area contributed by atoms with E-state index in [0.29, 0.717) is 19.7 Å². The molecule has 0 aromatic rings. The second-order valence-corrected chi connectivity index (χ2v) is 6.27. The third kappa shape index (κ3) is 7.97. The Morgan fingerprint density at radius 1 is 1.36 bits per heavy atom. The van der Waals surface area contributed by atoms with Gasteiger partial charge in [-0.3, -0.25) is 4.79 Å². The first kappa shape index (κ1) is 24.2. The van der Waals surface area contributed by atoms with E-state index in [4.69, 9.17) is 4.74 Å². The highest BCUT2D eigenvalue weighted by molar-refractivity contribution is 5.85. The maximum absolute atomic E-state index is 11.9. The minimum absolute atomic E-state index is 0. The Balaban J connectivity index is 0. The zero-order valence-electron chi connectivity index (χ0n) is 14.3. The van der Waals surface area contributed by atoms with Crippen LogP contribution >= 0.6 is 24.8 Å². The van der Waals surface area contributed by atoms with Crippen LogP contribution in [-0.2, 0) is 9.53 Å². The van der Waals surface area contributed by atoms with Gasteiger partial charge in [-0.25, -0.2) is 0 Å². The van der Waals surface area contributed by atoms with E-state index in [1.54, 1.807) is 7.11 Å². The number of amides is 1. The second-order valence-electron chi connectivity index (χ2n) is 6.27. The predicted molar refractivity (Wildman–Crippen MR) is 96.3 cm³/mol. The number of ether oxygens (including phenoxy) is 1. The lowest BCUT2D eigenvalue weighted by Crippen LogP contribution is -2.55. The number of methoxy groups -OCH3 is 1. The number of rotatable bonds is 8. The van der Waals surface area contributed by atoms with Crippen molar-refractivity contribution in [1.82, 2.24) is 15.5 Å². The molecule has 134 valence electrons. The van der Waals surface area contributed by atoms with Crippen LogP contribution in [0.5, 0.6) is 0 Å². The third-order valence-corrected chi connectivity index (χ3v) is 4.40. The van der Waals surface area contributed by atoms with Crippen molar-refractivity contribution in [2.24, 2.45) is 5.92 Å². The number of nitrogens with one attached hydrogen (secondary N) is 2. The fourth-order valence-corrected chi connectivity index (χ4v) is 3.06. The van der Waals surface area contributed by atoms with Gasteiger partial charge in [0.2, 0.25) is 5.91 Å². The van der Waals surface area contributed by atoms with Crippen molar-refractivity contribution < 1.29 is 9.53 Å². The van der Waals surface area contributed by atoms with Crippen molar-refractivity contribution in [2.75, 3.05) is 47.4 Å². The molecule has 1 saturated carbocycles. The average molecular weight is 358 g/mol. The molecule has 0 heterocycles. The normalized spacial score (nSPS) is 24.3. The van der Waals surface area contributed by atoms with E-state index in [1.807, 2.05) is 0 Å². The van der Waals surface area contributed by atoms with Crippen LogP contribution in [-0.4, -0.2) is 63.8 Å². The van der Waals surface area contributed by atoms with E-state index < -0.39 is 0 Å². The average Bonchev–Trinajstić information content (AvgIpc) is 2.41. The van der Waals surface area contributed by atoms with Crippen molar-refractivity contribution in [2.45, 2.75) is 38.1 Å². The summed E-state index contributed by atoms with van der Waals surface area (Å²) in [6.07, 6.45) is 4.89. The summed E-state index contributed by atoms with van der Waals surface area (Å²) in [5, 5.41) is 6.16. The van der Waals surface area contributed by atoms with Crippen LogP contribution in [0.1, 0.15) is 32.6 Å². The number of halogens is 2. The van der Waals surface area contributed by atoms with Gasteiger partial charge in [0.15, 0.2) is 0 Å². The minimum atomic E-state index is 0. The highest BCUT2D eigenvalue weighted by Gasteiger charge is 2.36. The highest BCUT2D eigenvalue weighted by atomic mass is 35.5. The third-order valence-electron chi connectivity index (χ3n) is 4.40. The quantitative estimate of drug-likeness (QED) is 0.649. The van der Waals surface area contributed by atoms with E-state index in [1.165, 1.54) is 19.3 Å². The molecular weight excluding hydrogens is 325 g/mol. The molecule has 0 bridgehead atoms. The molecule has 1 amide bonds. The van der Waals surface area contributed by atoms with Gasteiger partial charge in [0.1, 0.15) is 0 Å². The molecule has 0 aromatic carbocycles. The van der Waals surface area contributed by atoms with Crippen LogP contribution in [0.4, 0.5) is 0 Å². The fraction of sp³-hybridized carbons (Fsp3) is 0.933. The van der Waals surface area contributed by atoms with Gasteiger partial charge in [0.05, 0.1) is 13.2 Å². The molecule has 7 heteroatoms. The van der Waals surface area contributed by atoms with Crippen LogP contribution in [0.15, 0.2) is 0 Å². The van der Waals surface area contributed by atoms with Gasteiger partial charge in [-0.15, -0.1) is 24.8 Å². The fourth-order valence-electron chi connectivity index (χ4n) is 3.06. The van der Waals surface area contributed by atoms with E-state index >= 15 is 0 Å². The molecular formula is C15H33Cl2N3O2. The number of likely N-dealkylation sites (N-methyl/N-ethyl adjacent to an activating group) is 1. The lowest BCUT2D eigenvalue weighted by molar-refractivity contribution is -0.121. The smallest absolute Gasteiger partial charge is 0.234 e. The molecule has 1 rings (SSSR count). The maximum Gasteiger partial charge on any atom is 0.234 e. The molecule has 0 saturated heterocycles. The summed E-state index contributed by atoms with van der Waals surface area (Å²) < 4.78 is 4.94. The summed E-state index contributed by atoms with van der Waals surface area (Å²) in [5.74, 6) is 0.809. The summed E-state index contributed by atoms with van der Waals surface area (Å²) in [5.41, 5.74) is 0.125. The molecule has 1 aliphatic carbocycles. The van der Waals surface area contributed by atoms with Crippen molar-refractivity contribution in [3.63, 3.8) is 0 Å². The second kappa shape index (κ2) is 12.4. The van der Waals surface area contributed by atoms with Crippen LogP contribution in [0.2, 0.25) is 0 Å². The van der Waals surface area contributed by atoms with Gasteiger partial charge < -0.3 is 20.3 Å². The van der Waals surface area contributed by atoms with Gasteiger partial charge in [0, 0.05) is 25.7 Å². The summed E-state index contributed by atoms with van der Waals surface area (Å²) >= 11 is 0. The number of carbonyl (C=O) groups excluding carboxylic acids is 1. The lowest BCUT2D eigenvalue weighted by Gasteiger charge is -2.45. The van der Waals surface area contributed by atoms with Gasteiger partial charge in [-0.1, -0.05) is 19.8 Å². The topological polar surface area (TPSA) is 53.6 Å². The molecule has 2 atom stereocenters. The van der Waals surface area contributed by atoms with Crippen molar-refractivity contribution in [1.29, 1.82) is 0 Å². The standard InChI is InChI=1S/C15H31N3O2.2ClH/c1-13-6-5-7-15(10-13,18(2)3)12-17-14(19)11-16-8-9-20-4;;/h13,16H,5-12H2,1-4H3,(H,17,19);2*1H. The summed E-state index contributed by atoms with van der Waals surface area (Å²) in [6, 6.07) is 0. The van der Waals surface area contributed by atoms with E-state index in [9.17, 15) is 4.79 Å². The Morgan fingerprint density at radius 3 is 2.59 bits per heavy atom. The molecule has 22 heavy (non-hydrogen) atoms. The molecule has 5 nitrogen and oxygen atoms in total. The first-order valence-electron chi connectivity index (χ1n) is 7.64. The summed E-state index contributed by atoms with van der Waals surface area (Å²) in [7, 11) is 5.91. The zero-order valence-corrected chi connectivity index (χ0v) is 15.9. The minimum Gasteiger partial charge on any atom is -0.383 e. The molecule has 0 aliphatic heterocycles. The van der Waals surface area contributed by atoms with Gasteiger partial charge in [-0.05, 0) is 32.9 Å². The molecule has 1 aliphatic rings. The number of hydrogen-bond acceptors (Lipinski definition) is 4. The van der Waals surface area contributed by atoms with Gasteiger partial charge in [-0.2, -0.15) is 0 Å². The number of carbonyl (C=O) groups is 1. The van der Waals surface area contributed by atoms with Crippen LogP contribution in [0.3, 0.4) is 0 Å². The van der Waals surface area contributed by atoms with Crippen molar-refractivity contribution in [3.8, 4) is 0 Å². The van der Waals surface area contributed by atoms with E-state index in [0.717, 1.165) is 18.9 Å². The van der Waals surface area contributed by atoms with Gasteiger partial charge >= 0.3 is 0 Å². The zero-order chi connectivity index (χ0) is 15.0. The monoisotopic (exact) mass is 357 g/mol. The SMILES string of the molecule is COCCNCC(=O)NCC1(N(C)C)CCCC(C)C1.Cl.Cl. The first-order valence-corrected chi connectivity index (χ1v) is 7.64. The highest BCUT2D eigenvalue weighted by Crippen LogP contribution is 2.35. The van der Waals surface area contributed by atoms with E-state index in [2.05, 4.69) is 36.6 Å². The predicted octanol–water partition coefficient (Wildman–Crippen LogP) is 1.69. The number of nitrogens with zero attached hydrogens (tertiary/aromatic N) is 1. The Bertz CT molecular complexity index is 307. The lowest BCUT2D eigenvalue weighted by atomic mass is 9.75. The first-order chi connectivity index (χ1) is 9.50. The largest absolute Gasteiger partial charge is 0.383 e. The molecule has 1 fully saturated rings. The molecule has 2 unspecified atom stereocenters. The number of hydrogen-bond donors (Lipinski definition) is 2. The van der Waals surface area contributed by atoms with Crippen LogP contribution < -0.4 is 10.6 Å². The Kier molecular flexibility index (Phi) is 13.6. The van der Waals surface area contributed by atoms with Crippen molar-refractivity contribution >= 4 is 30.7 Å². The molecule has 0 spiro atoms.